The average Bonchev–Trinajstić information content (AvgIpc) is 3.13. The zero-order valence-electron chi connectivity index (χ0n) is 14.5. The minimum atomic E-state index is -0.0328. The largest absolute Gasteiger partial charge is 0.493 e. The summed E-state index contributed by atoms with van der Waals surface area (Å²) in [6.07, 6.45) is 1.96. The van der Waals surface area contributed by atoms with Crippen LogP contribution in [0.5, 0.6) is 11.5 Å². The van der Waals surface area contributed by atoms with E-state index in [4.69, 9.17) is 21.1 Å². The highest BCUT2D eigenvalue weighted by molar-refractivity contribution is 6.32. The maximum absolute atomic E-state index is 13.1. The van der Waals surface area contributed by atoms with Crippen molar-refractivity contribution in [3.8, 4) is 11.5 Å². The summed E-state index contributed by atoms with van der Waals surface area (Å²) in [5.41, 5.74) is 1.69. The molecule has 1 heterocycles. The molecule has 1 amide bonds. The molecule has 0 radical (unpaired) electrons. The van der Waals surface area contributed by atoms with E-state index in [1.54, 1.807) is 19.2 Å². The van der Waals surface area contributed by atoms with E-state index in [9.17, 15) is 4.79 Å². The molecule has 2 aromatic carbocycles. The van der Waals surface area contributed by atoms with Gasteiger partial charge in [0.2, 0.25) is 0 Å². The van der Waals surface area contributed by atoms with E-state index < -0.39 is 0 Å². The third-order valence-electron chi connectivity index (χ3n) is 4.46. The lowest BCUT2D eigenvalue weighted by Crippen LogP contribution is -2.30. The van der Waals surface area contributed by atoms with Gasteiger partial charge in [-0.2, -0.15) is 0 Å². The molecule has 1 fully saturated rings. The molecule has 1 aliphatic rings. The Bertz CT molecular complexity index is 748. The molecule has 1 unspecified atom stereocenters. The van der Waals surface area contributed by atoms with E-state index in [0.29, 0.717) is 28.7 Å². The van der Waals surface area contributed by atoms with Crippen LogP contribution < -0.4 is 9.47 Å². The predicted octanol–water partition coefficient (Wildman–Crippen LogP) is 4.72. The lowest BCUT2D eigenvalue weighted by atomic mass is 10.0. The van der Waals surface area contributed by atoms with Crippen LogP contribution in [0.4, 0.5) is 0 Å². The van der Waals surface area contributed by atoms with Crippen LogP contribution in [0.2, 0.25) is 5.02 Å². The van der Waals surface area contributed by atoms with Crippen molar-refractivity contribution in [3.05, 3.63) is 58.6 Å². The molecule has 0 aromatic heterocycles. The van der Waals surface area contributed by atoms with Gasteiger partial charge in [-0.1, -0.05) is 41.9 Å². The van der Waals surface area contributed by atoms with Gasteiger partial charge in [0.25, 0.3) is 5.91 Å². The van der Waals surface area contributed by atoms with Crippen LogP contribution in [0.1, 0.15) is 41.7 Å². The number of carbonyl (C=O) groups is 1. The molecular formula is C20H22ClNO3. The van der Waals surface area contributed by atoms with E-state index in [0.717, 1.165) is 24.9 Å². The Morgan fingerprint density at radius 3 is 2.72 bits per heavy atom. The fourth-order valence-corrected chi connectivity index (χ4v) is 3.59. The van der Waals surface area contributed by atoms with E-state index >= 15 is 0 Å². The zero-order valence-corrected chi connectivity index (χ0v) is 15.3. The van der Waals surface area contributed by atoms with Crippen molar-refractivity contribution in [2.75, 3.05) is 20.3 Å². The molecule has 4 nitrogen and oxygen atoms in total. The Kier molecular flexibility index (Phi) is 5.49. The Labute approximate surface area is 153 Å². The van der Waals surface area contributed by atoms with Gasteiger partial charge in [-0.25, -0.2) is 0 Å². The Hall–Kier alpha value is -2.20. The van der Waals surface area contributed by atoms with Gasteiger partial charge in [-0.05, 0) is 37.5 Å². The fourth-order valence-electron chi connectivity index (χ4n) is 3.33. The number of hydrogen-bond donors (Lipinski definition) is 0. The van der Waals surface area contributed by atoms with Gasteiger partial charge >= 0.3 is 0 Å². The highest BCUT2D eigenvalue weighted by atomic mass is 35.5. The van der Waals surface area contributed by atoms with Gasteiger partial charge < -0.3 is 14.4 Å². The normalized spacial score (nSPS) is 16.8. The van der Waals surface area contributed by atoms with Gasteiger partial charge in [0.15, 0.2) is 11.5 Å². The van der Waals surface area contributed by atoms with Gasteiger partial charge in [0.1, 0.15) is 0 Å². The van der Waals surface area contributed by atoms with Crippen molar-refractivity contribution >= 4 is 17.5 Å². The first-order valence-corrected chi connectivity index (χ1v) is 8.89. The van der Waals surface area contributed by atoms with Gasteiger partial charge in [0.05, 0.1) is 24.8 Å². The average molecular weight is 360 g/mol. The molecule has 2 aromatic rings. The molecule has 1 saturated heterocycles. The van der Waals surface area contributed by atoms with Crippen molar-refractivity contribution in [1.82, 2.24) is 4.90 Å². The third kappa shape index (κ3) is 3.59. The van der Waals surface area contributed by atoms with Crippen molar-refractivity contribution < 1.29 is 14.3 Å². The molecule has 0 aliphatic carbocycles. The Morgan fingerprint density at radius 2 is 2.04 bits per heavy atom. The van der Waals surface area contributed by atoms with Gasteiger partial charge in [-0.15, -0.1) is 0 Å². The summed E-state index contributed by atoms with van der Waals surface area (Å²) in [5, 5.41) is 0.389. The summed E-state index contributed by atoms with van der Waals surface area (Å²) in [5.74, 6) is 0.923. The van der Waals surface area contributed by atoms with E-state index in [2.05, 4.69) is 12.1 Å². The summed E-state index contributed by atoms with van der Waals surface area (Å²) in [4.78, 5) is 15.0. The second-order valence-electron chi connectivity index (χ2n) is 5.99. The molecule has 5 heteroatoms. The molecule has 1 atom stereocenters. The number of methoxy groups -OCH3 is 1. The summed E-state index contributed by atoms with van der Waals surface area (Å²) >= 11 is 6.32. The monoisotopic (exact) mass is 359 g/mol. The molecule has 0 spiro atoms. The first-order valence-electron chi connectivity index (χ1n) is 8.52. The van der Waals surface area contributed by atoms with Crippen LogP contribution in [-0.2, 0) is 0 Å². The molecule has 1 aliphatic heterocycles. The number of nitrogens with zero attached hydrogens (tertiary/aromatic N) is 1. The van der Waals surface area contributed by atoms with Crippen LogP contribution in [0.15, 0.2) is 42.5 Å². The summed E-state index contributed by atoms with van der Waals surface area (Å²) < 4.78 is 10.9. The maximum Gasteiger partial charge on any atom is 0.254 e. The minimum absolute atomic E-state index is 0.0328. The first kappa shape index (κ1) is 17.6. The molecule has 0 bridgehead atoms. The van der Waals surface area contributed by atoms with Crippen LogP contribution in [-0.4, -0.2) is 31.1 Å². The van der Waals surface area contributed by atoms with Crippen molar-refractivity contribution in [2.45, 2.75) is 25.8 Å². The molecular weight excluding hydrogens is 338 g/mol. The first-order chi connectivity index (χ1) is 12.2. The number of likely N-dealkylation sites (tertiary alicyclic amines) is 1. The predicted molar refractivity (Wildman–Crippen MR) is 98.6 cm³/mol. The fraction of sp³-hybridized carbons (Fsp3) is 0.350. The van der Waals surface area contributed by atoms with Crippen LogP contribution in [0.3, 0.4) is 0 Å². The summed E-state index contributed by atoms with van der Waals surface area (Å²) in [6, 6.07) is 13.6. The van der Waals surface area contributed by atoms with E-state index in [1.165, 1.54) is 0 Å². The van der Waals surface area contributed by atoms with E-state index in [-0.39, 0.29) is 11.9 Å². The number of halogens is 1. The number of amides is 1. The van der Waals surface area contributed by atoms with Crippen molar-refractivity contribution in [3.63, 3.8) is 0 Å². The van der Waals surface area contributed by atoms with Crippen LogP contribution >= 0.6 is 11.6 Å². The smallest absolute Gasteiger partial charge is 0.254 e. The zero-order chi connectivity index (χ0) is 17.8. The quantitative estimate of drug-likeness (QED) is 0.775. The van der Waals surface area contributed by atoms with Crippen LogP contribution in [0, 0.1) is 0 Å². The third-order valence-corrected chi connectivity index (χ3v) is 4.74. The second-order valence-corrected chi connectivity index (χ2v) is 6.40. The van der Waals surface area contributed by atoms with E-state index in [1.807, 2.05) is 30.0 Å². The van der Waals surface area contributed by atoms with Gasteiger partial charge in [-0.3, -0.25) is 4.79 Å². The number of carbonyl (C=O) groups excluding carboxylic acids is 1. The highest BCUT2D eigenvalue weighted by Crippen LogP contribution is 2.38. The van der Waals surface area contributed by atoms with Crippen LogP contribution in [0.25, 0.3) is 0 Å². The number of benzene rings is 2. The lowest BCUT2D eigenvalue weighted by Gasteiger charge is -2.25. The maximum atomic E-state index is 13.1. The second kappa shape index (κ2) is 7.79. The van der Waals surface area contributed by atoms with Gasteiger partial charge in [0, 0.05) is 12.1 Å². The lowest BCUT2D eigenvalue weighted by molar-refractivity contribution is 0.0735. The SMILES string of the molecule is CCOc1c(Cl)cc(C(=O)N2CCCC2c2ccccc2)cc1OC. The molecule has 0 saturated carbocycles. The van der Waals surface area contributed by atoms with Crippen molar-refractivity contribution in [2.24, 2.45) is 0 Å². The summed E-state index contributed by atoms with van der Waals surface area (Å²) in [6.45, 7) is 3.10. The standard InChI is InChI=1S/C20H22ClNO3/c1-3-25-19-16(21)12-15(13-18(19)24-2)20(23)22-11-7-10-17(22)14-8-5-4-6-9-14/h4-6,8-9,12-13,17H,3,7,10-11H2,1-2H3. The number of ether oxygens (including phenoxy) is 2. The molecule has 3 rings (SSSR count). The highest BCUT2D eigenvalue weighted by Gasteiger charge is 2.31. The Morgan fingerprint density at radius 1 is 1.28 bits per heavy atom. The Balaban J connectivity index is 1.91. The number of rotatable bonds is 5. The minimum Gasteiger partial charge on any atom is -0.493 e. The summed E-state index contributed by atoms with van der Waals surface area (Å²) in [7, 11) is 1.55. The molecule has 0 N–H and O–H groups in total. The molecule has 132 valence electrons. The van der Waals surface area contributed by atoms with Crippen molar-refractivity contribution in [1.29, 1.82) is 0 Å². The topological polar surface area (TPSA) is 38.8 Å². The molecule has 25 heavy (non-hydrogen) atoms. The number of hydrogen-bond acceptors (Lipinski definition) is 3.